The van der Waals surface area contributed by atoms with E-state index in [2.05, 4.69) is 46.8 Å². The summed E-state index contributed by atoms with van der Waals surface area (Å²) in [6.07, 6.45) is 7.66. The van der Waals surface area contributed by atoms with Crippen molar-refractivity contribution in [3.05, 3.63) is 12.2 Å². The molecule has 0 saturated carbocycles. The number of Topliss-reactive ketones (excluding diaryl/α,β-unsaturated/α-hetero) is 1. The molecule has 0 bridgehead atoms. The van der Waals surface area contributed by atoms with Gasteiger partial charge in [0.05, 0.1) is 0 Å². The fourth-order valence-corrected chi connectivity index (χ4v) is 12.6. The molecule has 0 aliphatic carbocycles. The zero-order valence-corrected chi connectivity index (χ0v) is 12.3. The third kappa shape index (κ3) is 1.37. The van der Waals surface area contributed by atoms with Gasteiger partial charge in [-0.05, 0) is 0 Å². The quantitative estimate of drug-likeness (QED) is 0.467. The number of carbonyl (C=O) groups is 1. The van der Waals surface area contributed by atoms with E-state index in [9.17, 15) is 4.79 Å². The van der Waals surface area contributed by atoms with Crippen LogP contribution in [0, 0.1) is 0 Å². The molecule has 0 spiro atoms. The van der Waals surface area contributed by atoms with E-state index in [0.29, 0.717) is 16.6 Å². The summed E-state index contributed by atoms with van der Waals surface area (Å²) in [5.74, 6) is 0.480. The van der Waals surface area contributed by atoms with Crippen molar-refractivity contribution in [3.63, 3.8) is 0 Å². The van der Waals surface area contributed by atoms with Gasteiger partial charge in [0.25, 0.3) is 0 Å². The fourth-order valence-electron chi connectivity index (χ4n) is 4.77. The summed E-state index contributed by atoms with van der Waals surface area (Å²) in [4.78, 5) is 11.9. The molecule has 0 aromatic rings. The molecule has 0 radical (unpaired) electrons. The Morgan fingerprint density at radius 3 is 2.62 bits per heavy atom. The van der Waals surface area contributed by atoms with Gasteiger partial charge in [0.1, 0.15) is 0 Å². The molecule has 0 aromatic carbocycles. The van der Waals surface area contributed by atoms with Gasteiger partial charge < -0.3 is 0 Å². The minimum atomic E-state index is -1.45. The van der Waals surface area contributed by atoms with Crippen molar-refractivity contribution in [2.45, 2.75) is 63.4 Å². The summed E-state index contributed by atoms with van der Waals surface area (Å²) < 4.78 is 0. The predicted octanol–water partition coefficient (Wildman–Crippen LogP) is 3.61. The van der Waals surface area contributed by atoms with Gasteiger partial charge in [-0.3, -0.25) is 0 Å². The maximum absolute atomic E-state index is 11.9. The van der Waals surface area contributed by atoms with Gasteiger partial charge in [-0.1, -0.05) is 0 Å². The first-order valence-corrected chi connectivity index (χ1v) is 8.71. The maximum atomic E-state index is 11.9. The molecule has 1 fully saturated rings. The van der Waals surface area contributed by atoms with Gasteiger partial charge in [0.2, 0.25) is 0 Å². The van der Waals surface area contributed by atoms with Crippen LogP contribution in [0.3, 0.4) is 0 Å². The summed E-state index contributed by atoms with van der Waals surface area (Å²) in [5, 5.41) is 0.616. The molecule has 1 saturated heterocycles. The first kappa shape index (κ1) is 12.3. The minimum absolute atomic E-state index is 0.222. The van der Waals surface area contributed by atoms with Gasteiger partial charge in [0.15, 0.2) is 0 Å². The molecule has 2 aliphatic heterocycles. The van der Waals surface area contributed by atoms with E-state index in [0.717, 1.165) is 12.8 Å². The first-order chi connectivity index (χ1) is 7.23. The molecular formula is C14H25OP. The molecule has 0 amide bonds. The van der Waals surface area contributed by atoms with Crippen LogP contribution in [0.1, 0.15) is 47.5 Å². The average molecular weight is 240 g/mol. The van der Waals surface area contributed by atoms with Gasteiger partial charge in [0, 0.05) is 0 Å². The second-order valence-electron chi connectivity index (χ2n) is 7.07. The van der Waals surface area contributed by atoms with Crippen LogP contribution >= 0.6 is 7.26 Å². The molecule has 2 rings (SSSR count). The Morgan fingerprint density at radius 1 is 1.44 bits per heavy atom. The normalized spacial score (nSPS) is 39.6. The summed E-state index contributed by atoms with van der Waals surface area (Å²) in [7, 11) is -1.45. The number of fused-ring (bicyclic) bond motifs is 1. The number of hydrogen-bond acceptors (Lipinski definition) is 1. The molecule has 92 valence electrons. The van der Waals surface area contributed by atoms with E-state index in [1.807, 2.05) is 0 Å². The van der Waals surface area contributed by atoms with Crippen LogP contribution in [0.4, 0.5) is 0 Å². The van der Waals surface area contributed by atoms with Crippen LogP contribution in [0.5, 0.6) is 0 Å². The van der Waals surface area contributed by atoms with Crippen LogP contribution in [0.15, 0.2) is 12.2 Å². The van der Waals surface area contributed by atoms with Crippen LogP contribution < -0.4 is 0 Å². The molecular weight excluding hydrogens is 215 g/mol. The third-order valence-corrected chi connectivity index (χ3v) is 13.0. The number of ketones is 1. The van der Waals surface area contributed by atoms with Gasteiger partial charge >= 0.3 is 99.6 Å². The second kappa shape index (κ2) is 3.42. The molecule has 0 aromatic heterocycles. The van der Waals surface area contributed by atoms with Crippen LogP contribution in [-0.2, 0) is 4.79 Å². The Morgan fingerprint density at radius 2 is 2.06 bits per heavy atom. The van der Waals surface area contributed by atoms with E-state index >= 15 is 0 Å². The van der Waals surface area contributed by atoms with E-state index in [1.54, 1.807) is 0 Å². The molecule has 2 aliphatic rings. The van der Waals surface area contributed by atoms with E-state index < -0.39 is 7.26 Å². The van der Waals surface area contributed by atoms with Crippen molar-refractivity contribution in [2.75, 3.05) is 6.16 Å². The number of carbonyl (C=O) groups excluding carboxylic acids is 1. The monoisotopic (exact) mass is 240 g/mol. The summed E-state index contributed by atoms with van der Waals surface area (Å²) in [6, 6.07) is 0. The zero-order chi connectivity index (χ0) is 12.2. The standard InChI is InChI=1S/C14H25OP/c1-11-9-12(15)10-14(5)7-6-8-16(11,14)13(2,3)4/h6-7,11,16H,8-10H2,1-5H3. The fraction of sp³-hybridized carbons (Fsp3) is 0.786. The van der Waals surface area contributed by atoms with Crippen molar-refractivity contribution < 1.29 is 4.79 Å². The number of allylic oxidation sites excluding steroid dienone is 2. The Bertz CT molecular complexity index is 352. The Hall–Kier alpha value is -0.160. The summed E-state index contributed by atoms with van der Waals surface area (Å²) in [6.45, 7) is 11.9. The Balaban J connectivity index is 2.53. The van der Waals surface area contributed by atoms with Gasteiger partial charge in [-0.25, -0.2) is 0 Å². The van der Waals surface area contributed by atoms with E-state index in [4.69, 9.17) is 0 Å². The van der Waals surface area contributed by atoms with Crippen LogP contribution in [-0.4, -0.2) is 27.9 Å². The Labute approximate surface area is 100 Å². The van der Waals surface area contributed by atoms with Crippen molar-refractivity contribution in [2.24, 2.45) is 0 Å². The zero-order valence-electron chi connectivity index (χ0n) is 11.3. The molecule has 2 heterocycles. The van der Waals surface area contributed by atoms with Crippen molar-refractivity contribution >= 4 is 13.0 Å². The Kier molecular flexibility index (Phi) is 2.63. The van der Waals surface area contributed by atoms with Crippen LogP contribution in [0.25, 0.3) is 0 Å². The number of hydrogen-bond donors (Lipinski definition) is 0. The number of rotatable bonds is 0. The van der Waals surface area contributed by atoms with E-state index in [1.165, 1.54) is 6.16 Å². The molecule has 2 atom stereocenters. The summed E-state index contributed by atoms with van der Waals surface area (Å²) >= 11 is 0. The molecule has 0 N–H and O–H groups in total. The summed E-state index contributed by atoms with van der Waals surface area (Å²) in [5.41, 5.74) is 0.633. The molecule has 1 nitrogen and oxygen atoms in total. The second-order valence-corrected chi connectivity index (χ2v) is 13.0. The average Bonchev–Trinajstić information content (AvgIpc) is 2.40. The van der Waals surface area contributed by atoms with Crippen molar-refractivity contribution in [1.82, 2.24) is 0 Å². The SMILES string of the molecule is CC1CC(=O)CC2(C)C=CC[PH]12C(C)(C)C. The van der Waals surface area contributed by atoms with Gasteiger partial charge in [-0.2, -0.15) is 0 Å². The van der Waals surface area contributed by atoms with Crippen molar-refractivity contribution in [1.29, 1.82) is 0 Å². The van der Waals surface area contributed by atoms with Gasteiger partial charge in [-0.15, -0.1) is 0 Å². The third-order valence-electron chi connectivity index (χ3n) is 5.22. The first-order valence-electron chi connectivity index (χ1n) is 6.42. The molecule has 2 unspecified atom stereocenters. The topological polar surface area (TPSA) is 17.1 Å². The molecule has 2 heteroatoms. The predicted molar refractivity (Wildman–Crippen MR) is 74.2 cm³/mol. The van der Waals surface area contributed by atoms with Crippen molar-refractivity contribution in [3.8, 4) is 0 Å². The van der Waals surface area contributed by atoms with E-state index in [-0.39, 0.29) is 5.16 Å². The molecule has 16 heavy (non-hydrogen) atoms. The van der Waals surface area contributed by atoms with Crippen LogP contribution in [0.2, 0.25) is 0 Å².